The van der Waals surface area contributed by atoms with Crippen molar-refractivity contribution >= 4 is 60.2 Å². The van der Waals surface area contributed by atoms with Gasteiger partial charge in [-0.15, -0.1) is 0 Å². The SMILES string of the molecule is c1ccc(-c2ccc(N(c3cccc(-c4cccc5ccccc45)c3)c3ccc4c(ccc5ccc6ccccc6c54)c3)cc2)cc1. The Morgan fingerprint density at radius 1 is 0.277 bits per heavy atom. The van der Waals surface area contributed by atoms with Gasteiger partial charge in [0.05, 0.1) is 0 Å². The van der Waals surface area contributed by atoms with Gasteiger partial charge in [0.25, 0.3) is 0 Å². The summed E-state index contributed by atoms with van der Waals surface area (Å²) in [5.41, 5.74) is 8.21. The lowest BCUT2D eigenvalue weighted by Gasteiger charge is -2.27. The Bertz CT molecular complexity index is 2560. The van der Waals surface area contributed by atoms with Gasteiger partial charge in [-0.25, -0.2) is 0 Å². The first kappa shape index (κ1) is 27.2. The number of benzene rings is 9. The summed E-state index contributed by atoms with van der Waals surface area (Å²) in [5, 5.41) is 10.1. The lowest BCUT2D eigenvalue weighted by atomic mass is 9.95. The highest BCUT2D eigenvalue weighted by atomic mass is 15.1. The van der Waals surface area contributed by atoms with E-state index < -0.39 is 0 Å². The molecule has 0 fully saturated rings. The zero-order valence-electron chi connectivity index (χ0n) is 25.8. The molecule has 0 aliphatic rings. The van der Waals surface area contributed by atoms with Crippen molar-refractivity contribution in [2.75, 3.05) is 4.90 Å². The second-order valence-electron chi connectivity index (χ2n) is 12.2. The Kier molecular flexibility index (Phi) is 6.54. The topological polar surface area (TPSA) is 3.24 Å². The van der Waals surface area contributed by atoms with Gasteiger partial charge in [-0.1, -0.05) is 152 Å². The van der Waals surface area contributed by atoms with E-state index in [2.05, 4.69) is 193 Å². The third-order valence-electron chi connectivity index (χ3n) is 9.40. The summed E-state index contributed by atoms with van der Waals surface area (Å²) < 4.78 is 0. The molecule has 0 saturated heterocycles. The summed E-state index contributed by atoms with van der Waals surface area (Å²) in [5.74, 6) is 0. The van der Waals surface area contributed by atoms with Crippen molar-refractivity contribution in [3.8, 4) is 22.3 Å². The molecule has 0 unspecified atom stereocenters. The van der Waals surface area contributed by atoms with E-state index in [1.54, 1.807) is 0 Å². The predicted octanol–water partition coefficient (Wildman–Crippen LogP) is 13.1. The number of nitrogens with zero attached hydrogens (tertiary/aromatic N) is 1. The maximum atomic E-state index is 2.39. The molecule has 0 spiro atoms. The van der Waals surface area contributed by atoms with Crippen LogP contribution in [0.1, 0.15) is 0 Å². The number of fused-ring (bicyclic) bond motifs is 6. The minimum atomic E-state index is 1.12. The van der Waals surface area contributed by atoms with E-state index >= 15 is 0 Å². The molecule has 9 aromatic rings. The third kappa shape index (κ3) is 4.81. The van der Waals surface area contributed by atoms with Crippen molar-refractivity contribution < 1.29 is 0 Å². The van der Waals surface area contributed by atoms with Gasteiger partial charge in [0.15, 0.2) is 0 Å². The lowest BCUT2D eigenvalue weighted by molar-refractivity contribution is 1.29. The van der Waals surface area contributed by atoms with Crippen molar-refractivity contribution in [3.05, 3.63) is 188 Å². The fraction of sp³-hybridized carbons (Fsp3) is 0. The molecule has 1 nitrogen and oxygen atoms in total. The van der Waals surface area contributed by atoms with E-state index in [1.807, 2.05) is 0 Å². The van der Waals surface area contributed by atoms with Crippen LogP contribution < -0.4 is 4.90 Å². The van der Waals surface area contributed by atoms with Crippen LogP contribution in [0.4, 0.5) is 17.1 Å². The summed E-state index contributed by atoms with van der Waals surface area (Å²) in [6.45, 7) is 0. The molecule has 9 rings (SSSR count). The summed E-state index contributed by atoms with van der Waals surface area (Å²) in [7, 11) is 0. The van der Waals surface area contributed by atoms with E-state index in [0.717, 1.165) is 17.1 Å². The molecular formula is C46H31N. The van der Waals surface area contributed by atoms with Crippen LogP contribution in [0.3, 0.4) is 0 Å². The lowest BCUT2D eigenvalue weighted by Crippen LogP contribution is -2.10. The molecule has 0 atom stereocenters. The molecule has 220 valence electrons. The van der Waals surface area contributed by atoms with Gasteiger partial charge in [0.2, 0.25) is 0 Å². The summed E-state index contributed by atoms with van der Waals surface area (Å²) in [6, 6.07) is 68.3. The summed E-state index contributed by atoms with van der Waals surface area (Å²) >= 11 is 0. The van der Waals surface area contributed by atoms with Crippen LogP contribution in [0.2, 0.25) is 0 Å². The third-order valence-corrected chi connectivity index (χ3v) is 9.40. The van der Waals surface area contributed by atoms with Crippen molar-refractivity contribution in [1.29, 1.82) is 0 Å². The molecule has 0 aliphatic heterocycles. The molecule has 0 aliphatic carbocycles. The van der Waals surface area contributed by atoms with Crippen molar-refractivity contribution in [1.82, 2.24) is 0 Å². The van der Waals surface area contributed by atoms with E-state index in [0.29, 0.717) is 0 Å². The maximum absolute atomic E-state index is 2.39. The first-order chi connectivity index (χ1) is 23.3. The first-order valence-electron chi connectivity index (χ1n) is 16.2. The zero-order chi connectivity index (χ0) is 31.2. The van der Waals surface area contributed by atoms with Gasteiger partial charge < -0.3 is 4.90 Å². The second-order valence-corrected chi connectivity index (χ2v) is 12.2. The highest BCUT2D eigenvalue weighted by Crippen LogP contribution is 2.41. The van der Waals surface area contributed by atoms with Crippen LogP contribution >= 0.6 is 0 Å². The Hall–Kier alpha value is -6.18. The Morgan fingerprint density at radius 3 is 1.66 bits per heavy atom. The number of rotatable bonds is 5. The van der Waals surface area contributed by atoms with Crippen LogP contribution in [-0.2, 0) is 0 Å². The zero-order valence-corrected chi connectivity index (χ0v) is 25.8. The number of hydrogen-bond acceptors (Lipinski definition) is 1. The molecular weight excluding hydrogens is 567 g/mol. The monoisotopic (exact) mass is 597 g/mol. The standard InChI is InChI=1S/C46H31N/c1-2-10-32(11-3-1)33-24-26-39(27-25-33)47(40-16-8-15-37(30-40)43-19-9-14-34-12-4-6-17-42(34)43)41-28-29-45-38(31-41)23-22-36-21-20-35-13-5-7-18-44(35)46(36)45/h1-31H. The van der Waals surface area contributed by atoms with Gasteiger partial charge in [-0.05, 0) is 102 Å². The van der Waals surface area contributed by atoms with E-state index in [4.69, 9.17) is 0 Å². The van der Waals surface area contributed by atoms with Crippen molar-refractivity contribution in [3.63, 3.8) is 0 Å². The predicted molar refractivity (Wildman–Crippen MR) is 202 cm³/mol. The highest BCUT2D eigenvalue weighted by Gasteiger charge is 2.16. The molecule has 0 aromatic heterocycles. The largest absolute Gasteiger partial charge is 0.310 e. The van der Waals surface area contributed by atoms with Crippen LogP contribution in [0.25, 0.3) is 65.3 Å². The molecule has 9 aromatic carbocycles. The van der Waals surface area contributed by atoms with Crippen molar-refractivity contribution in [2.45, 2.75) is 0 Å². The fourth-order valence-corrected chi connectivity index (χ4v) is 7.13. The second kappa shape index (κ2) is 11.3. The first-order valence-corrected chi connectivity index (χ1v) is 16.2. The highest BCUT2D eigenvalue weighted by molar-refractivity contribution is 6.20. The molecule has 1 heteroatoms. The molecule has 0 N–H and O–H groups in total. The average Bonchev–Trinajstić information content (AvgIpc) is 3.15. The Balaban J connectivity index is 1.23. The van der Waals surface area contributed by atoms with E-state index in [9.17, 15) is 0 Å². The van der Waals surface area contributed by atoms with Crippen LogP contribution in [0.15, 0.2) is 188 Å². The molecule has 0 amide bonds. The van der Waals surface area contributed by atoms with Gasteiger partial charge in [-0.3, -0.25) is 0 Å². The van der Waals surface area contributed by atoms with Gasteiger partial charge in [0.1, 0.15) is 0 Å². The minimum Gasteiger partial charge on any atom is -0.310 e. The van der Waals surface area contributed by atoms with Gasteiger partial charge in [0, 0.05) is 17.1 Å². The molecule has 0 radical (unpaired) electrons. The smallest absolute Gasteiger partial charge is 0.0468 e. The van der Waals surface area contributed by atoms with Crippen LogP contribution in [0.5, 0.6) is 0 Å². The van der Waals surface area contributed by atoms with Crippen LogP contribution in [-0.4, -0.2) is 0 Å². The number of anilines is 3. The van der Waals surface area contributed by atoms with E-state index in [1.165, 1.54) is 65.3 Å². The molecule has 0 heterocycles. The Labute approximate surface area is 274 Å². The molecule has 0 bridgehead atoms. The quantitative estimate of drug-likeness (QED) is 0.178. The van der Waals surface area contributed by atoms with Crippen molar-refractivity contribution in [2.24, 2.45) is 0 Å². The fourth-order valence-electron chi connectivity index (χ4n) is 7.13. The molecule has 0 saturated carbocycles. The maximum Gasteiger partial charge on any atom is 0.0468 e. The normalized spacial score (nSPS) is 11.4. The summed E-state index contributed by atoms with van der Waals surface area (Å²) in [6.07, 6.45) is 0. The Morgan fingerprint density at radius 2 is 0.830 bits per heavy atom. The summed E-state index contributed by atoms with van der Waals surface area (Å²) in [4.78, 5) is 2.39. The molecule has 47 heavy (non-hydrogen) atoms. The van der Waals surface area contributed by atoms with Crippen LogP contribution in [0, 0.1) is 0 Å². The van der Waals surface area contributed by atoms with Gasteiger partial charge in [-0.2, -0.15) is 0 Å². The van der Waals surface area contributed by atoms with Gasteiger partial charge >= 0.3 is 0 Å². The van der Waals surface area contributed by atoms with E-state index in [-0.39, 0.29) is 0 Å². The average molecular weight is 598 g/mol. The minimum absolute atomic E-state index is 1.12. The number of hydrogen-bond donors (Lipinski definition) is 0.